The summed E-state index contributed by atoms with van der Waals surface area (Å²) >= 11 is 0. The Labute approximate surface area is 94.2 Å². The molecule has 0 spiro atoms. The van der Waals surface area contributed by atoms with Crippen molar-refractivity contribution in [2.75, 3.05) is 27.2 Å². The van der Waals surface area contributed by atoms with E-state index in [1.54, 1.807) is 0 Å². The van der Waals surface area contributed by atoms with Crippen molar-refractivity contribution in [3.05, 3.63) is 0 Å². The lowest BCUT2D eigenvalue weighted by Crippen LogP contribution is -2.31. The predicted molar refractivity (Wildman–Crippen MR) is 64.9 cm³/mol. The average Bonchev–Trinajstić information content (AvgIpc) is 2.21. The maximum Gasteiger partial charge on any atom is 0.224 e. The van der Waals surface area contributed by atoms with Crippen LogP contribution < -0.4 is 5.32 Å². The number of nitrogens with zero attached hydrogens (tertiary/aromatic N) is 1. The van der Waals surface area contributed by atoms with Gasteiger partial charge in [0, 0.05) is 19.5 Å². The first-order valence-corrected chi connectivity index (χ1v) is 5.99. The molecule has 90 valence electrons. The van der Waals surface area contributed by atoms with Gasteiger partial charge in [-0.15, -0.1) is 0 Å². The molecule has 0 heterocycles. The molecule has 0 unspecified atom stereocenters. The lowest BCUT2D eigenvalue weighted by molar-refractivity contribution is -0.133. The molecule has 0 aliphatic heterocycles. The van der Waals surface area contributed by atoms with Gasteiger partial charge in [-0.3, -0.25) is 4.79 Å². The minimum absolute atomic E-state index is 0.124. The predicted octanol–water partition coefficient (Wildman–Crippen LogP) is 1.88. The maximum atomic E-state index is 11.5. The summed E-state index contributed by atoms with van der Waals surface area (Å²) in [5.74, 6) is 0.379. The second kappa shape index (κ2) is 8.72. The first-order chi connectivity index (χ1) is 7.09. The standard InChI is InChI=1S/C12H26N2O/c1-11(2)12(15)14(4)10-8-6-5-7-9-13-3/h11,13H,5-10H2,1-4H3. The number of carbonyl (C=O) groups excluding carboxylic acids is 1. The molecule has 0 aromatic rings. The molecule has 0 saturated carbocycles. The topological polar surface area (TPSA) is 32.3 Å². The van der Waals surface area contributed by atoms with Crippen molar-refractivity contribution >= 4 is 5.91 Å². The third-order valence-corrected chi connectivity index (χ3v) is 2.54. The number of nitrogens with one attached hydrogen (secondary N) is 1. The molecule has 0 aromatic carbocycles. The Morgan fingerprint density at radius 1 is 1.20 bits per heavy atom. The van der Waals surface area contributed by atoms with E-state index in [0.717, 1.165) is 19.5 Å². The van der Waals surface area contributed by atoms with E-state index in [2.05, 4.69) is 5.32 Å². The maximum absolute atomic E-state index is 11.5. The molecule has 1 N–H and O–H groups in total. The molecule has 0 radical (unpaired) electrons. The van der Waals surface area contributed by atoms with E-state index in [1.165, 1.54) is 19.3 Å². The van der Waals surface area contributed by atoms with Gasteiger partial charge in [0.05, 0.1) is 0 Å². The van der Waals surface area contributed by atoms with E-state index in [-0.39, 0.29) is 11.8 Å². The highest BCUT2D eigenvalue weighted by Gasteiger charge is 2.11. The Balaban J connectivity index is 3.39. The Bertz CT molecular complexity index is 169. The van der Waals surface area contributed by atoms with Gasteiger partial charge in [0.2, 0.25) is 5.91 Å². The minimum atomic E-state index is 0.124. The van der Waals surface area contributed by atoms with E-state index in [0.29, 0.717) is 0 Å². The van der Waals surface area contributed by atoms with Crippen LogP contribution in [0.15, 0.2) is 0 Å². The van der Waals surface area contributed by atoms with Crippen molar-refractivity contribution in [3.8, 4) is 0 Å². The van der Waals surface area contributed by atoms with Crippen LogP contribution in [0, 0.1) is 5.92 Å². The van der Waals surface area contributed by atoms with Gasteiger partial charge in [-0.05, 0) is 26.4 Å². The van der Waals surface area contributed by atoms with E-state index in [4.69, 9.17) is 0 Å². The quantitative estimate of drug-likeness (QED) is 0.626. The number of amides is 1. The molecule has 0 aromatic heterocycles. The van der Waals surface area contributed by atoms with Crippen molar-refractivity contribution in [2.24, 2.45) is 5.92 Å². The highest BCUT2D eigenvalue weighted by molar-refractivity contribution is 5.77. The van der Waals surface area contributed by atoms with Crippen LogP contribution in [0.2, 0.25) is 0 Å². The number of hydrogen-bond acceptors (Lipinski definition) is 2. The van der Waals surface area contributed by atoms with Gasteiger partial charge in [0.15, 0.2) is 0 Å². The first-order valence-electron chi connectivity index (χ1n) is 5.99. The molecule has 0 saturated heterocycles. The summed E-state index contributed by atoms with van der Waals surface area (Å²) in [4.78, 5) is 13.4. The third kappa shape index (κ3) is 7.37. The molecule has 15 heavy (non-hydrogen) atoms. The molecule has 0 fully saturated rings. The SMILES string of the molecule is CNCCCCCCN(C)C(=O)C(C)C. The number of carbonyl (C=O) groups is 1. The van der Waals surface area contributed by atoms with Crippen LogP contribution in [-0.4, -0.2) is 38.0 Å². The Morgan fingerprint density at radius 2 is 1.80 bits per heavy atom. The molecule has 0 aliphatic rings. The van der Waals surface area contributed by atoms with Crippen molar-refractivity contribution in [3.63, 3.8) is 0 Å². The van der Waals surface area contributed by atoms with Gasteiger partial charge < -0.3 is 10.2 Å². The Kier molecular flexibility index (Phi) is 8.38. The molecule has 1 amide bonds. The molecule has 0 rings (SSSR count). The molecular formula is C12H26N2O. The van der Waals surface area contributed by atoms with Crippen LogP contribution >= 0.6 is 0 Å². The summed E-state index contributed by atoms with van der Waals surface area (Å²) in [6.45, 7) is 5.90. The highest BCUT2D eigenvalue weighted by Crippen LogP contribution is 2.03. The zero-order valence-corrected chi connectivity index (χ0v) is 10.7. The monoisotopic (exact) mass is 214 g/mol. The fourth-order valence-electron chi connectivity index (χ4n) is 1.56. The van der Waals surface area contributed by atoms with Gasteiger partial charge in [0.25, 0.3) is 0 Å². The van der Waals surface area contributed by atoms with Crippen LogP contribution in [-0.2, 0) is 4.79 Å². The normalized spacial score (nSPS) is 10.7. The molecule has 0 atom stereocenters. The fourth-order valence-corrected chi connectivity index (χ4v) is 1.56. The van der Waals surface area contributed by atoms with Gasteiger partial charge in [0.1, 0.15) is 0 Å². The van der Waals surface area contributed by atoms with Crippen molar-refractivity contribution in [1.82, 2.24) is 10.2 Å². The van der Waals surface area contributed by atoms with Crippen molar-refractivity contribution in [1.29, 1.82) is 0 Å². The van der Waals surface area contributed by atoms with Crippen LogP contribution in [0.4, 0.5) is 0 Å². The summed E-state index contributed by atoms with van der Waals surface area (Å²) in [5, 5.41) is 3.14. The number of rotatable bonds is 8. The van der Waals surface area contributed by atoms with Gasteiger partial charge >= 0.3 is 0 Å². The van der Waals surface area contributed by atoms with Gasteiger partial charge in [-0.25, -0.2) is 0 Å². The minimum Gasteiger partial charge on any atom is -0.346 e. The molecule has 3 heteroatoms. The van der Waals surface area contributed by atoms with Crippen LogP contribution in [0.25, 0.3) is 0 Å². The van der Waals surface area contributed by atoms with Crippen molar-refractivity contribution in [2.45, 2.75) is 39.5 Å². The summed E-state index contributed by atoms with van der Waals surface area (Å²) < 4.78 is 0. The van der Waals surface area contributed by atoms with Crippen LogP contribution in [0.3, 0.4) is 0 Å². The summed E-state index contributed by atoms with van der Waals surface area (Å²) in [6, 6.07) is 0. The molecule has 0 aliphatic carbocycles. The lowest BCUT2D eigenvalue weighted by Gasteiger charge is -2.19. The molecular weight excluding hydrogens is 188 g/mol. The van der Waals surface area contributed by atoms with Crippen LogP contribution in [0.5, 0.6) is 0 Å². The first kappa shape index (κ1) is 14.4. The summed E-state index contributed by atoms with van der Waals surface area (Å²) in [6.07, 6.45) is 4.83. The van der Waals surface area contributed by atoms with E-state index >= 15 is 0 Å². The largest absolute Gasteiger partial charge is 0.346 e. The summed E-state index contributed by atoms with van der Waals surface area (Å²) in [5.41, 5.74) is 0. The molecule has 3 nitrogen and oxygen atoms in total. The van der Waals surface area contributed by atoms with E-state index in [1.807, 2.05) is 32.8 Å². The summed E-state index contributed by atoms with van der Waals surface area (Å²) in [7, 11) is 3.88. The zero-order chi connectivity index (χ0) is 11.7. The average molecular weight is 214 g/mol. The molecule has 0 bridgehead atoms. The van der Waals surface area contributed by atoms with Gasteiger partial charge in [-0.2, -0.15) is 0 Å². The Hall–Kier alpha value is -0.570. The smallest absolute Gasteiger partial charge is 0.224 e. The van der Waals surface area contributed by atoms with Gasteiger partial charge in [-0.1, -0.05) is 26.7 Å². The lowest BCUT2D eigenvalue weighted by atomic mass is 10.1. The highest BCUT2D eigenvalue weighted by atomic mass is 16.2. The van der Waals surface area contributed by atoms with E-state index < -0.39 is 0 Å². The fraction of sp³-hybridized carbons (Fsp3) is 0.917. The van der Waals surface area contributed by atoms with Crippen LogP contribution in [0.1, 0.15) is 39.5 Å². The second-order valence-corrected chi connectivity index (χ2v) is 4.43. The third-order valence-electron chi connectivity index (χ3n) is 2.54. The second-order valence-electron chi connectivity index (χ2n) is 4.43. The number of hydrogen-bond donors (Lipinski definition) is 1. The van der Waals surface area contributed by atoms with E-state index in [9.17, 15) is 4.79 Å². The Morgan fingerprint density at radius 3 is 2.33 bits per heavy atom. The zero-order valence-electron chi connectivity index (χ0n) is 10.7. The van der Waals surface area contributed by atoms with Crippen molar-refractivity contribution < 1.29 is 4.79 Å². The number of unbranched alkanes of at least 4 members (excludes halogenated alkanes) is 3.